The van der Waals surface area contributed by atoms with Gasteiger partial charge in [-0.1, -0.05) is 0 Å². The highest BCUT2D eigenvalue weighted by molar-refractivity contribution is 7.18. The molecule has 1 aliphatic heterocycles. The Morgan fingerprint density at radius 1 is 1.25 bits per heavy atom. The molecule has 6 nitrogen and oxygen atoms in total. The first kappa shape index (κ1) is 14.0. The van der Waals surface area contributed by atoms with E-state index in [1.165, 1.54) is 11.3 Å². The van der Waals surface area contributed by atoms with Crippen LogP contribution in [0.1, 0.15) is 4.88 Å². The van der Waals surface area contributed by atoms with E-state index in [2.05, 4.69) is 10.1 Å². The minimum atomic E-state index is -0.846. The highest BCUT2D eigenvalue weighted by atomic mass is 32.1. The second kappa shape index (κ2) is 4.83. The fraction of sp³-hybridized carbons (Fsp3) is 0.235. The van der Waals surface area contributed by atoms with Crippen LogP contribution in [-0.2, 0) is 17.4 Å². The Labute approximate surface area is 141 Å². The molecule has 24 heavy (non-hydrogen) atoms. The van der Waals surface area contributed by atoms with E-state index in [1.807, 2.05) is 37.5 Å². The Kier molecular flexibility index (Phi) is 2.82. The predicted octanol–water partition coefficient (Wildman–Crippen LogP) is 2.46. The molecule has 0 aliphatic carbocycles. The van der Waals surface area contributed by atoms with Crippen LogP contribution in [0, 0.1) is 0 Å². The molecule has 1 aliphatic rings. The number of nitrogens with zero attached hydrogens (tertiary/aromatic N) is 4. The number of ether oxygens (including phenoxy) is 1. The van der Waals surface area contributed by atoms with E-state index in [1.54, 1.807) is 10.9 Å². The molecule has 0 atom stereocenters. The third-order valence-corrected chi connectivity index (χ3v) is 5.53. The summed E-state index contributed by atoms with van der Waals surface area (Å²) in [4.78, 5) is 11.0. The molecule has 1 fully saturated rings. The zero-order chi connectivity index (χ0) is 16.3. The van der Waals surface area contributed by atoms with Gasteiger partial charge in [-0.25, -0.2) is 9.97 Å². The number of aromatic nitrogens is 4. The smallest absolute Gasteiger partial charge is 0.181 e. The molecule has 4 aromatic rings. The average Bonchev–Trinajstić information content (AvgIpc) is 3.13. The lowest BCUT2D eigenvalue weighted by Gasteiger charge is -2.35. The largest absolute Gasteiger partial charge is 0.379 e. The van der Waals surface area contributed by atoms with Gasteiger partial charge in [-0.05, 0) is 24.3 Å². The van der Waals surface area contributed by atoms with Gasteiger partial charge in [0.15, 0.2) is 5.65 Å². The summed E-state index contributed by atoms with van der Waals surface area (Å²) in [5, 5.41) is 16.7. The van der Waals surface area contributed by atoms with Gasteiger partial charge in [0.25, 0.3) is 0 Å². The van der Waals surface area contributed by atoms with E-state index in [0.717, 1.165) is 37.4 Å². The third-order valence-electron chi connectivity index (χ3n) is 4.29. The molecular weight excluding hydrogens is 324 g/mol. The van der Waals surface area contributed by atoms with Crippen molar-refractivity contribution in [2.24, 2.45) is 7.05 Å². The van der Waals surface area contributed by atoms with Crippen molar-refractivity contribution in [2.75, 3.05) is 13.2 Å². The first-order valence-corrected chi connectivity index (χ1v) is 8.43. The number of thiophene rings is 1. The van der Waals surface area contributed by atoms with Crippen molar-refractivity contribution < 1.29 is 9.84 Å². The van der Waals surface area contributed by atoms with Gasteiger partial charge < -0.3 is 9.84 Å². The lowest BCUT2D eigenvalue weighted by atomic mass is 10.0. The van der Waals surface area contributed by atoms with Gasteiger partial charge in [0, 0.05) is 40.7 Å². The van der Waals surface area contributed by atoms with Gasteiger partial charge in [-0.2, -0.15) is 5.10 Å². The van der Waals surface area contributed by atoms with Gasteiger partial charge in [-0.3, -0.25) is 4.68 Å². The summed E-state index contributed by atoms with van der Waals surface area (Å²) >= 11 is 1.52. The second-order valence-corrected chi connectivity index (χ2v) is 7.20. The van der Waals surface area contributed by atoms with E-state index in [4.69, 9.17) is 9.72 Å². The molecule has 0 saturated carbocycles. The Hall–Kier alpha value is -2.35. The third kappa shape index (κ3) is 2.06. The predicted molar refractivity (Wildman–Crippen MR) is 91.8 cm³/mol. The molecular formula is C17H14N4O2S. The summed E-state index contributed by atoms with van der Waals surface area (Å²) in [6, 6.07) is 8.07. The zero-order valence-electron chi connectivity index (χ0n) is 12.9. The van der Waals surface area contributed by atoms with Crippen molar-refractivity contribution >= 4 is 32.6 Å². The summed E-state index contributed by atoms with van der Waals surface area (Å²) in [6.45, 7) is 0.711. The first-order valence-electron chi connectivity index (χ1n) is 7.62. The average molecular weight is 338 g/mol. The van der Waals surface area contributed by atoms with Gasteiger partial charge in [0.05, 0.1) is 18.9 Å². The lowest BCUT2D eigenvalue weighted by Crippen LogP contribution is -2.45. The molecule has 4 aromatic heterocycles. The van der Waals surface area contributed by atoms with Crippen LogP contribution in [0.15, 0.2) is 36.7 Å². The Morgan fingerprint density at radius 3 is 2.92 bits per heavy atom. The lowest BCUT2D eigenvalue weighted by molar-refractivity contribution is -0.182. The van der Waals surface area contributed by atoms with E-state index >= 15 is 0 Å². The summed E-state index contributed by atoms with van der Waals surface area (Å²) in [7, 11) is 1.88. The monoisotopic (exact) mass is 338 g/mol. The molecule has 0 radical (unpaired) electrons. The molecule has 0 aromatic carbocycles. The van der Waals surface area contributed by atoms with Gasteiger partial charge in [0.2, 0.25) is 0 Å². The number of aliphatic hydroxyl groups is 1. The van der Waals surface area contributed by atoms with Crippen molar-refractivity contribution in [1.82, 2.24) is 19.7 Å². The Balaban J connectivity index is 1.60. The van der Waals surface area contributed by atoms with Crippen molar-refractivity contribution in [2.45, 2.75) is 5.60 Å². The van der Waals surface area contributed by atoms with Crippen LogP contribution in [0.3, 0.4) is 0 Å². The minimum Gasteiger partial charge on any atom is -0.379 e. The van der Waals surface area contributed by atoms with Crippen LogP contribution >= 0.6 is 11.3 Å². The maximum atomic E-state index is 10.4. The normalized spacial score (nSPS) is 16.6. The Morgan fingerprint density at radius 2 is 2.12 bits per heavy atom. The second-order valence-electron chi connectivity index (χ2n) is 6.17. The number of pyridine rings is 2. The zero-order valence-corrected chi connectivity index (χ0v) is 13.7. The maximum absolute atomic E-state index is 10.4. The van der Waals surface area contributed by atoms with E-state index < -0.39 is 5.60 Å². The molecule has 0 spiro atoms. The highest BCUT2D eigenvalue weighted by Crippen LogP contribution is 2.37. The van der Waals surface area contributed by atoms with Crippen LogP contribution in [0.25, 0.3) is 32.5 Å². The van der Waals surface area contributed by atoms with E-state index in [-0.39, 0.29) is 0 Å². The topological polar surface area (TPSA) is 73.1 Å². The summed E-state index contributed by atoms with van der Waals surface area (Å²) in [5.41, 5.74) is 1.71. The van der Waals surface area contributed by atoms with Gasteiger partial charge >= 0.3 is 0 Å². The van der Waals surface area contributed by atoms with Crippen molar-refractivity contribution in [3.63, 3.8) is 0 Å². The molecule has 0 unspecified atom stereocenters. The molecule has 5 heterocycles. The molecule has 5 rings (SSSR count). The quantitative estimate of drug-likeness (QED) is 0.608. The standard InChI is InChI=1S/C17H14N4O2S/c1-21-7-12-4-11(6-18-15(12)20-21)13-3-2-10-5-14(24-16(10)19-13)17(22)8-23-9-17/h2-7,22H,8-9H2,1H3. The number of hydrogen-bond acceptors (Lipinski definition) is 6. The molecule has 7 heteroatoms. The number of rotatable bonds is 2. The van der Waals surface area contributed by atoms with Crippen LogP contribution in [-0.4, -0.2) is 38.1 Å². The summed E-state index contributed by atoms with van der Waals surface area (Å²) < 4.78 is 6.90. The molecule has 1 N–H and O–H groups in total. The SMILES string of the molecule is Cn1cc2cc(-c3ccc4cc(C5(O)COC5)sc4n3)cnc2n1. The molecule has 0 amide bonds. The van der Waals surface area contributed by atoms with Crippen LogP contribution < -0.4 is 0 Å². The fourth-order valence-electron chi connectivity index (χ4n) is 2.92. The summed E-state index contributed by atoms with van der Waals surface area (Å²) in [5.74, 6) is 0. The molecule has 0 bridgehead atoms. The van der Waals surface area contributed by atoms with E-state index in [0.29, 0.717) is 13.2 Å². The van der Waals surface area contributed by atoms with Crippen LogP contribution in [0.2, 0.25) is 0 Å². The number of aryl methyl sites for hydroxylation is 1. The molecule has 1 saturated heterocycles. The van der Waals surface area contributed by atoms with Crippen molar-refractivity contribution in [3.05, 3.63) is 41.5 Å². The van der Waals surface area contributed by atoms with Gasteiger partial charge in [0.1, 0.15) is 10.4 Å². The van der Waals surface area contributed by atoms with Crippen LogP contribution in [0.5, 0.6) is 0 Å². The summed E-state index contributed by atoms with van der Waals surface area (Å²) in [6.07, 6.45) is 3.74. The number of hydrogen-bond donors (Lipinski definition) is 1. The highest BCUT2D eigenvalue weighted by Gasteiger charge is 2.39. The first-order chi connectivity index (χ1) is 11.6. The maximum Gasteiger partial charge on any atom is 0.181 e. The Bertz CT molecular complexity index is 1080. The van der Waals surface area contributed by atoms with Crippen molar-refractivity contribution in [1.29, 1.82) is 0 Å². The number of fused-ring (bicyclic) bond motifs is 2. The minimum absolute atomic E-state index is 0.355. The fourth-order valence-corrected chi connectivity index (χ4v) is 4.01. The molecule has 120 valence electrons. The van der Waals surface area contributed by atoms with Crippen LogP contribution in [0.4, 0.5) is 0 Å². The van der Waals surface area contributed by atoms with Crippen molar-refractivity contribution in [3.8, 4) is 11.3 Å². The van der Waals surface area contributed by atoms with E-state index in [9.17, 15) is 5.11 Å². The van der Waals surface area contributed by atoms with Gasteiger partial charge in [-0.15, -0.1) is 11.3 Å².